The predicted molar refractivity (Wildman–Crippen MR) is 90.0 cm³/mol. The molecule has 5 nitrogen and oxygen atoms in total. The molecule has 0 aliphatic heterocycles. The summed E-state index contributed by atoms with van der Waals surface area (Å²) in [5.41, 5.74) is 0.0162. The summed E-state index contributed by atoms with van der Waals surface area (Å²) in [5.74, 6) is -0.691. The first-order chi connectivity index (χ1) is 11.4. The van der Waals surface area contributed by atoms with E-state index in [1.54, 1.807) is 50.5 Å². The average molecular weight is 323 g/mol. The predicted octanol–water partition coefficient (Wildman–Crippen LogP) is 3.74. The number of phenols is 2. The van der Waals surface area contributed by atoms with E-state index in [9.17, 15) is 15.0 Å². The maximum absolute atomic E-state index is 12.5. The number of aromatic nitrogens is 1. The number of esters is 1. The van der Waals surface area contributed by atoms with Crippen molar-refractivity contribution in [1.82, 2.24) is 4.98 Å². The van der Waals surface area contributed by atoms with Gasteiger partial charge in [-0.15, -0.1) is 0 Å². The molecule has 2 aromatic carbocycles. The van der Waals surface area contributed by atoms with Crippen LogP contribution in [0.1, 0.15) is 29.8 Å². The number of fused-ring (bicyclic) bond motifs is 1. The lowest BCUT2D eigenvalue weighted by molar-refractivity contribution is -0.00339. The molecule has 0 bridgehead atoms. The molecular formula is C19H17NO4. The van der Waals surface area contributed by atoms with Crippen LogP contribution in [-0.4, -0.2) is 21.2 Å². The summed E-state index contributed by atoms with van der Waals surface area (Å²) in [6, 6.07) is 11.2. The molecule has 2 N–H and O–H groups in total. The number of hydrogen-bond donors (Lipinski definition) is 2. The van der Waals surface area contributed by atoms with E-state index in [2.05, 4.69) is 4.98 Å². The Labute approximate surface area is 139 Å². The lowest BCUT2D eigenvalue weighted by Gasteiger charge is -2.25. The van der Waals surface area contributed by atoms with Gasteiger partial charge in [-0.25, -0.2) is 4.79 Å². The quantitative estimate of drug-likeness (QED) is 0.718. The van der Waals surface area contributed by atoms with E-state index in [-0.39, 0.29) is 17.1 Å². The van der Waals surface area contributed by atoms with Gasteiger partial charge in [-0.2, -0.15) is 0 Å². The van der Waals surface area contributed by atoms with Crippen molar-refractivity contribution in [2.24, 2.45) is 0 Å². The van der Waals surface area contributed by atoms with Crippen LogP contribution in [0.15, 0.2) is 54.9 Å². The van der Waals surface area contributed by atoms with Gasteiger partial charge >= 0.3 is 5.97 Å². The monoisotopic (exact) mass is 323 g/mol. The third-order valence-electron chi connectivity index (χ3n) is 3.92. The van der Waals surface area contributed by atoms with Crippen molar-refractivity contribution < 1.29 is 19.7 Å². The zero-order chi connectivity index (χ0) is 17.3. The van der Waals surface area contributed by atoms with Gasteiger partial charge in [0, 0.05) is 17.8 Å². The van der Waals surface area contributed by atoms with Crippen molar-refractivity contribution in [1.29, 1.82) is 0 Å². The van der Waals surface area contributed by atoms with E-state index in [4.69, 9.17) is 4.74 Å². The number of rotatable bonds is 3. The van der Waals surface area contributed by atoms with Gasteiger partial charge in [0.2, 0.25) is 0 Å². The number of pyridine rings is 1. The highest BCUT2D eigenvalue weighted by Crippen LogP contribution is 2.33. The molecule has 0 saturated heterocycles. The van der Waals surface area contributed by atoms with Gasteiger partial charge in [0.25, 0.3) is 0 Å². The van der Waals surface area contributed by atoms with Crippen LogP contribution < -0.4 is 0 Å². The van der Waals surface area contributed by atoms with Crippen LogP contribution in [0.4, 0.5) is 0 Å². The summed E-state index contributed by atoms with van der Waals surface area (Å²) in [5, 5.41) is 21.0. The first-order valence-electron chi connectivity index (χ1n) is 7.47. The smallest absolute Gasteiger partial charge is 0.342 e. The zero-order valence-corrected chi connectivity index (χ0v) is 13.4. The molecule has 5 heteroatoms. The minimum Gasteiger partial charge on any atom is -0.508 e. The number of benzene rings is 2. The Morgan fingerprint density at radius 1 is 1.04 bits per heavy atom. The van der Waals surface area contributed by atoms with Crippen molar-refractivity contribution in [3.63, 3.8) is 0 Å². The summed E-state index contributed by atoms with van der Waals surface area (Å²) in [6.45, 7) is 3.55. The molecule has 1 heterocycles. The van der Waals surface area contributed by atoms with Gasteiger partial charge in [0.15, 0.2) is 0 Å². The number of aromatic hydroxyl groups is 2. The first-order valence-corrected chi connectivity index (χ1v) is 7.47. The lowest BCUT2D eigenvalue weighted by Crippen LogP contribution is -2.25. The Bertz CT molecular complexity index is 904. The maximum atomic E-state index is 12.5. The third kappa shape index (κ3) is 2.88. The van der Waals surface area contributed by atoms with Crippen LogP contribution in [0, 0.1) is 0 Å². The Morgan fingerprint density at radius 3 is 2.46 bits per heavy atom. The first kappa shape index (κ1) is 15.8. The van der Waals surface area contributed by atoms with Crippen LogP contribution >= 0.6 is 0 Å². The highest BCUT2D eigenvalue weighted by atomic mass is 16.6. The molecule has 0 aliphatic carbocycles. The van der Waals surface area contributed by atoms with Crippen molar-refractivity contribution >= 4 is 16.7 Å². The number of nitrogens with zero attached hydrogens (tertiary/aromatic N) is 1. The lowest BCUT2D eigenvalue weighted by atomic mass is 9.99. The van der Waals surface area contributed by atoms with Crippen LogP contribution in [0.25, 0.3) is 10.8 Å². The SMILES string of the molecule is CC(C)(OC(=O)c1ccc2cc(O)ccc2c1O)c1ccncc1. The van der Waals surface area contributed by atoms with E-state index in [0.29, 0.717) is 10.8 Å². The highest BCUT2D eigenvalue weighted by Gasteiger charge is 2.27. The van der Waals surface area contributed by atoms with Crippen LogP contribution in [0.3, 0.4) is 0 Å². The van der Waals surface area contributed by atoms with E-state index in [1.807, 2.05) is 0 Å². The van der Waals surface area contributed by atoms with Gasteiger partial charge in [-0.05, 0) is 61.2 Å². The summed E-state index contributed by atoms with van der Waals surface area (Å²) < 4.78 is 5.59. The fourth-order valence-electron chi connectivity index (χ4n) is 2.56. The van der Waals surface area contributed by atoms with Gasteiger partial charge in [0.05, 0.1) is 0 Å². The van der Waals surface area contributed by atoms with Crippen LogP contribution in [0.5, 0.6) is 11.5 Å². The van der Waals surface area contributed by atoms with E-state index in [1.165, 1.54) is 18.2 Å². The molecule has 0 aliphatic rings. The standard InChI is InChI=1S/C19H17NO4/c1-19(2,13-7-9-20-10-8-13)24-18(23)16-5-3-12-11-14(21)4-6-15(12)17(16)22/h3-11,21-22H,1-2H3. The van der Waals surface area contributed by atoms with Gasteiger partial charge in [-0.3, -0.25) is 4.98 Å². The molecule has 24 heavy (non-hydrogen) atoms. The second-order valence-electron chi connectivity index (χ2n) is 6.00. The minimum absolute atomic E-state index is 0.0790. The molecule has 3 rings (SSSR count). The Hall–Kier alpha value is -3.08. The number of hydrogen-bond acceptors (Lipinski definition) is 5. The largest absolute Gasteiger partial charge is 0.508 e. The molecule has 3 aromatic rings. The average Bonchev–Trinajstić information content (AvgIpc) is 2.55. The topological polar surface area (TPSA) is 79.7 Å². The molecular weight excluding hydrogens is 306 g/mol. The summed E-state index contributed by atoms with van der Waals surface area (Å²) in [6.07, 6.45) is 3.26. The maximum Gasteiger partial charge on any atom is 0.342 e. The van der Waals surface area contributed by atoms with Gasteiger partial charge in [0.1, 0.15) is 22.7 Å². The molecule has 0 radical (unpaired) electrons. The third-order valence-corrected chi connectivity index (χ3v) is 3.92. The molecule has 122 valence electrons. The Kier molecular flexibility index (Phi) is 3.85. The molecule has 0 fully saturated rings. The second kappa shape index (κ2) is 5.85. The van der Waals surface area contributed by atoms with Crippen molar-refractivity contribution in [2.45, 2.75) is 19.4 Å². The summed E-state index contributed by atoms with van der Waals surface area (Å²) in [4.78, 5) is 16.5. The number of phenolic OH excluding ortho intramolecular Hbond substituents is 2. The Morgan fingerprint density at radius 2 is 1.75 bits per heavy atom. The highest BCUT2D eigenvalue weighted by molar-refractivity contribution is 6.01. The van der Waals surface area contributed by atoms with E-state index < -0.39 is 11.6 Å². The normalized spacial score (nSPS) is 11.4. The molecule has 0 unspecified atom stereocenters. The van der Waals surface area contributed by atoms with Crippen LogP contribution in [0.2, 0.25) is 0 Å². The molecule has 0 amide bonds. The summed E-state index contributed by atoms with van der Waals surface area (Å²) >= 11 is 0. The minimum atomic E-state index is -0.865. The number of carbonyl (C=O) groups is 1. The van der Waals surface area contributed by atoms with E-state index in [0.717, 1.165) is 5.56 Å². The summed E-state index contributed by atoms with van der Waals surface area (Å²) in [7, 11) is 0. The van der Waals surface area contributed by atoms with Gasteiger partial charge in [-0.1, -0.05) is 6.07 Å². The molecule has 0 saturated carbocycles. The molecule has 1 aromatic heterocycles. The van der Waals surface area contributed by atoms with Crippen LogP contribution in [-0.2, 0) is 10.3 Å². The van der Waals surface area contributed by atoms with Crippen molar-refractivity contribution in [3.05, 3.63) is 66.0 Å². The van der Waals surface area contributed by atoms with Gasteiger partial charge < -0.3 is 14.9 Å². The Balaban J connectivity index is 1.94. The van der Waals surface area contributed by atoms with Crippen molar-refractivity contribution in [3.8, 4) is 11.5 Å². The second-order valence-corrected chi connectivity index (χ2v) is 6.00. The van der Waals surface area contributed by atoms with E-state index >= 15 is 0 Å². The number of carbonyl (C=O) groups excluding carboxylic acids is 1. The van der Waals surface area contributed by atoms with Crippen molar-refractivity contribution in [2.75, 3.05) is 0 Å². The molecule has 0 atom stereocenters. The fourth-order valence-corrected chi connectivity index (χ4v) is 2.56. The zero-order valence-electron chi connectivity index (χ0n) is 13.4. The number of ether oxygens (including phenoxy) is 1. The fraction of sp³-hybridized carbons (Fsp3) is 0.158. The molecule has 0 spiro atoms.